The van der Waals surface area contributed by atoms with E-state index in [1.54, 1.807) is 20.8 Å². The number of amides is 1. The number of carbonyl (C=O) groups is 2. The van der Waals surface area contributed by atoms with E-state index < -0.39 is 36.3 Å². The third-order valence-electron chi connectivity index (χ3n) is 1.88. The van der Waals surface area contributed by atoms with Gasteiger partial charge in [-0.2, -0.15) is 13.2 Å². The lowest BCUT2D eigenvalue weighted by Crippen LogP contribution is -2.42. The second-order valence-corrected chi connectivity index (χ2v) is 5.24. The molecule has 0 aromatic heterocycles. The van der Waals surface area contributed by atoms with E-state index in [0.717, 1.165) is 0 Å². The van der Waals surface area contributed by atoms with Gasteiger partial charge in [-0.15, -0.1) is 0 Å². The summed E-state index contributed by atoms with van der Waals surface area (Å²) in [4.78, 5) is 22.9. The largest absolute Gasteiger partial charge is 0.458 e. The molecule has 0 fully saturated rings. The van der Waals surface area contributed by atoms with Crippen molar-refractivity contribution in [3.05, 3.63) is 0 Å². The Labute approximate surface area is 115 Å². The predicted octanol–water partition coefficient (Wildman–Crippen LogP) is 1.80. The molecule has 1 atom stereocenters. The van der Waals surface area contributed by atoms with Crippen LogP contribution in [0.1, 0.15) is 34.1 Å². The van der Waals surface area contributed by atoms with Gasteiger partial charge < -0.3 is 14.8 Å². The maximum atomic E-state index is 11.8. The van der Waals surface area contributed by atoms with Crippen molar-refractivity contribution >= 4 is 11.9 Å². The summed E-state index contributed by atoms with van der Waals surface area (Å²) in [6.07, 6.45) is -4.68. The van der Waals surface area contributed by atoms with Crippen molar-refractivity contribution in [2.45, 2.75) is 51.9 Å². The lowest BCUT2D eigenvalue weighted by atomic mass is 10.2. The lowest BCUT2D eigenvalue weighted by molar-refractivity contribution is -0.174. The first-order chi connectivity index (χ1) is 8.91. The number of alkyl halides is 3. The Morgan fingerprint density at radius 2 is 1.75 bits per heavy atom. The molecule has 0 rings (SSSR count). The van der Waals surface area contributed by atoms with E-state index in [9.17, 15) is 22.8 Å². The minimum Gasteiger partial charge on any atom is -0.458 e. The normalized spacial score (nSPS) is 13.8. The smallest absolute Gasteiger partial charge is 0.411 e. The van der Waals surface area contributed by atoms with Crippen molar-refractivity contribution in [2.24, 2.45) is 0 Å². The number of esters is 1. The van der Waals surface area contributed by atoms with E-state index in [-0.39, 0.29) is 13.0 Å². The summed E-state index contributed by atoms with van der Waals surface area (Å²) in [6.45, 7) is 4.72. The van der Waals surface area contributed by atoms with Crippen molar-refractivity contribution in [1.82, 2.24) is 5.32 Å². The topological polar surface area (TPSA) is 64.6 Å². The minimum atomic E-state index is -4.42. The summed E-state index contributed by atoms with van der Waals surface area (Å²) in [5, 5.41) is 2.33. The van der Waals surface area contributed by atoms with Crippen LogP contribution < -0.4 is 5.32 Å². The average molecular weight is 299 g/mol. The third kappa shape index (κ3) is 10.6. The maximum Gasteiger partial charge on any atom is 0.411 e. The Kier molecular flexibility index (Phi) is 6.98. The number of nitrogens with one attached hydrogen (secondary N) is 1. The zero-order valence-electron chi connectivity index (χ0n) is 12.0. The van der Waals surface area contributed by atoms with Gasteiger partial charge in [0.25, 0.3) is 0 Å². The van der Waals surface area contributed by atoms with Crippen LogP contribution in [0.2, 0.25) is 0 Å². The van der Waals surface area contributed by atoms with Crippen LogP contribution in [0, 0.1) is 0 Å². The Bertz CT molecular complexity index is 337. The monoisotopic (exact) mass is 299 g/mol. The summed E-state index contributed by atoms with van der Waals surface area (Å²) >= 11 is 0. The number of carbonyl (C=O) groups excluding carboxylic acids is 2. The van der Waals surface area contributed by atoms with Gasteiger partial charge in [-0.3, -0.25) is 4.79 Å². The van der Waals surface area contributed by atoms with E-state index in [1.807, 2.05) is 0 Å². The Morgan fingerprint density at radius 1 is 1.20 bits per heavy atom. The molecule has 0 aromatic rings. The van der Waals surface area contributed by atoms with E-state index >= 15 is 0 Å². The Hall–Kier alpha value is -1.31. The molecule has 8 heteroatoms. The molecule has 1 amide bonds. The first-order valence-corrected chi connectivity index (χ1v) is 6.07. The van der Waals surface area contributed by atoms with Crippen LogP contribution in [0.5, 0.6) is 0 Å². The van der Waals surface area contributed by atoms with Crippen molar-refractivity contribution in [1.29, 1.82) is 0 Å². The van der Waals surface area contributed by atoms with E-state index in [4.69, 9.17) is 4.74 Å². The Balaban J connectivity index is 3.94. The second-order valence-electron chi connectivity index (χ2n) is 5.24. The molecule has 5 nitrogen and oxygen atoms in total. The zero-order valence-corrected chi connectivity index (χ0v) is 12.0. The SMILES string of the molecule is C[C@@H](NC(=O)CCOCC(F)(F)F)C(=O)OC(C)(C)C. The molecular weight excluding hydrogens is 279 g/mol. The molecule has 0 bridgehead atoms. The standard InChI is InChI=1S/C12H20F3NO4/c1-8(10(18)20-11(2,3)4)16-9(17)5-6-19-7-12(13,14)15/h8H,5-7H2,1-4H3,(H,16,17)/t8-/m1/s1. The van der Waals surface area contributed by atoms with Crippen molar-refractivity contribution in [3.8, 4) is 0 Å². The zero-order chi connectivity index (χ0) is 16.0. The van der Waals surface area contributed by atoms with Crippen LogP contribution in [-0.4, -0.2) is 42.9 Å². The molecule has 0 heterocycles. The highest BCUT2D eigenvalue weighted by Gasteiger charge is 2.27. The molecule has 0 unspecified atom stereocenters. The van der Waals surface area contributed by atoms with Gasteiger partial charge in [0.1, 0.15) is 18.2 Å². The molecule has 0 aliphatic rings. The number of rotatable bonds is 6. The number of hydrogen-bond donors (Lipinski definition) is 1. The summed E-state index contributed by atoms with van der Waals surface area (Å²) in [7, 11) is 0. The highest BCUT2D eigenvalue weighted by atomic mass is 19.4. The van der Waals surface area contributed by atoms with Crippen LogP contribution in [0.25, 0.3) is 0 Å². The molecule has 0 radical (unpaired) electrons. The number of hydrogen-bond acceptors (Lipinski definition) is 4. The third-order valence-corrected chi connectivity index (χ3v) is 1.88. The van der Waals surface area contributed by atoms with Gasteiger partial charge in [0, 0.05) is 6.42 Å². The van der Waals surface area contributed by atoms with Crippen LogP contribution in [0.3, 0.4) is 0 Å². The summed E-state index contributed by atoms with van der Waals surface area (Å²) < 4.78 is 44.6. The van der Waals surface area contributed by atoms with Crippen LogP contribution in [0.15, 0.2) is 0 Å². The maximum absolute atomic E-state index is 11.8. The quantitative estimate of drug-likeness (QED) is 0.600. The second kappa shape index (κ2) is 7.47. The molecular formula is C12H20F3NO4. The van der Waals surface area contributed by atoms with Gasteiger partial charge in [0.15, 0.2) is 0 Å². The van der Waals surface area contributed by atoms with Gasteiger partial charge in [0.2, 0.25) is 5.91 Å². The first kappa shape index (κ1) is 18.7. The number of halogens is 3. The van der Waals surface area contributed by atoms with E-state index in [0.29, 0.717) is 0 Å². The molecule has 118 valence electrons. The minimum absolute atomic E-state index is 0.261. The molecule has 0 aromatic carbocycles. The van der Waals surface area contributed by atoms with Crippen molar-refractivity contribution in [3.63, 3.8) is 0 Å². The average Bonchev–Trinajstić information content (AvgIpc) is 2.20. The number of ether oxygens (including phenoxy) is 2. The van der Waals surface area contributed by atoms with Crippen molar-refractivity contribution in [2.75, 3.05) is 13.2 Å². The van der Waals surface area contributed by atoms with Crippen LogP contribution in [0.4, 0.5) is 13.2 Å². The highest BCUT2D eigenvalue weighted by molar-refractivity contribution is 5.84. The lowest BCUT2D eigenvalue weighted by Gasteiger charge is -2.22. The van der Waals surface area contributed by atoms with Gasteiger partial charge in [-0.05, 0) is 27.7 Å². The molecule has 0 saturated heterocycles. The summed E-state index contributed by atoms with van der Waals surface area (Å²) in [5.41, 5.74) is -0.675. The summed E-state index contributed by atoms with van der Waals surface area (Å²) in [6, 6.07) is -0.871. The van der Waals surface area contributed by atoms with Gasteiger partial charge in [-0.25, -0.2) is 4.79 Å². The van der Waals surface area contributed by atoms with Crippen LogP contribution in [-0.2, 0) is 19.1 Å². The molecule has 0 saturated carbocycles. The van der Waals surface area contributed by atoms with Crippen molar-refractivity contribution < 1.29 is 32.2 Å². The fraction of sp³-hybridized carbons (Fsp3) is 0.833. The Morgan fingerprint density at radius 3 is 2.20 bits per heavy atom. The fourth-order valence-corrected chi connectivity index (χ4v) is 1.12. The first-order valence-electron chi connectivity index (χ1n) is 6.07. The van der Waals surface area contributed by atoms with E-state index in [2.05, 4.69) is 10.1 Å². The fourth-order valence-electron chi connectivity index (χ4n) is 1.12. The van der Waals surface area contributed by atoms with Gasteiger partial charge in [-0.1, -0.05) is 0 Å². The highest BCUT2D eigenvalue weighted by Crippen LogP contribution is 2.14. The van der Waals surface area contributed by atoms with Crippen LogP contribution >= 0.6 is 0 Å². The predicted molar refractivity (Wildman–Crippen MR) is 64.9 cm³/mol. The molecule has 0 spiro atoms. The molecule has 0 aliphatic heterocycles. The summed E-state index contributed by atoms with van der Waals surface area (Å²) in [5.74, 6) is -1.19. The molecule has 0 aliphatic carbocycles. The van der Waals surface area contributed by atoms with Gasteiger partial charge in [0.05, 0.1) is 6.61 Å². The molecule has 20 heavy (non-hydrogen) atoms. The van der Waals surface area contributed by atoms with Gasteiger partial charge >= 0.3 is 12.1 Å². The van der Waals surface area contributed by atoms with E-state index in [1.165, 1.54) is 6.92 Å². The molecule has 1 N–H and O–H groups in total.